The van der Waals surface area contributed by atoms with Crippen LogP contribution in [0.25, 0.3) is 0 Å². The monoisotopic (exact) mass is 299 g/mol. The van der Waals surface area contributed by atoms with Gasteiger partial charge in [0.1, 0.15) is 0 Å². The Kier molecular flexibility index (Phi) is 3.33. The van der Waals surface area contributed by atoms with Crippen molar-refractivity contribution in [3.63, 3.8) is 0 Å². The first-order chi connectivity index (χ1) is 8.04. The van der Waals surface area contributed by atoms with Crippen LogP contribution in [0.4, 0.5) is 0 Å². The second-order valence-corrected chi connectivity index (χ2v) is 4.85. The van der Waals surface area contributed by atoms with Crippen LogP contribution in [0.1, 0.15) is 31.2 Å². The average molecular weight is 300 g/mol. The zero-order valence-corrected chi connectivity index (χ0v) is 11.5. The molecular formula is C11H14BrN3O2. The van der Waals surface area contributed by atoms with Crippen LogP contribution in [0.2, 0.25) is 0 Å². The number of carbonyl (C=O) groups excluding carboxylic acids is 2. The first-order valence-electron chi connectivity index (χ1n) is 5.58. The Morgan fingerprint density at radius 3 is 2.35 bits per heavy atom. The summed E-state index contributed by atoms with van der Waals surface area (Å²) in [6, 6.07) is 0. The van der Waals surface area contributed by atoms with E-state index in [2.05, 4.69) is 21.0 Å². The highest BCUT2D eigenvalue weighted by molar-refractivity contribution is 9.10. The number of carbonyl (C=O) groups is 2. The Morgan fingerprint density at radius 2 is 1.88 bits per heavy atom. The highest BCUT2D eigenvalue weighted by Crippen LogP contribution is 2.24. The molecule has 2 amide bonds. The van der Waals surface area contributed by atoms with Gasteiger partial charge in [-0.25, -0.2) is 0 Å². The van der Waals surface area contributed by atoms with Crippen molar-refractivity contribution >= 4 is 27.7 Å². The molecule has 0 saturated carbocycles. The minimum absolute atomic E-state index is 0.0962. The predicted octanol–water partition coefficient (Wildman–Crippen LogP) is 1.39. The number of likely N-dealkylation sites (tertiary alicyclic amines) is 1. The molecule has 0 aliphatic carbocycles. The Balaban J connectivity index is 2.27. The van der Waals surface area contributed by atoms with Gasteiger partial charge in [-0.3, -0.25) is 19.2 Å². The molecule has 1 saturated heterocycles. The molecule has 1 aliphatic rings. The number of hydrogen-bond acceptors (Lipinski definition) is 3. The first-order valence-corrected chi connectivity index (χ1v) is 6.37. The van der Waals surface area contributed by atoms with Crippen LogP contribution in [0.3, 0.4) is 0 Å². The fourth-order valence-electron chi connectivity index (χ4n) is 1.94. The summed E-state index contributed by atoms with van der Waals surface area (Å²) < 4.78 is 2.62. The minimum atomic E-state index is -0.0962. The lowest BCUT2D eigenvalue weighted by atomic mass is 10.3. The summed E-state index contributed by atoms with van der Waals surface area (Å²) in [5, 5.41) is 4.34. The maximum Gasteiger partial charge on any atom is 0.230 e. The number of aromatic nitrogens is 2. The first kappa shape index (κ1) is 12.3. The molecule has 2 heterocycles. The molecule has 0 unspecified atom stereocenters. The van der Waals surface area contributed by atoms with Gasteiger partial charge in [0, 0.05) is 19.9 Å². The Hall–Kier alpha value is -1.17. The molecule has 0 N–H and O–H groups in total. The summed E-state index contributed by atoms with van der Waals surface area (Å²) in [4.78, 5) is 24.4. The molecule has 1 aromatic rings. The van der Waals surface area contributed by atoms with E-state index >= 15 is 0 Å². The van der Waals surface area contributed by atoms with Crippen LogP contribution in [-0.2, 0) is 29.6 Å². The topological polar surface area (TPSA) is 55.2 Å². The molecule has 0 radical (unpaired) electrons. The molecule has 6 heteroatoms. The van der Waals surface area contributed by atoms with Crippen molar-refractivity contribution in [2.45, 2.75) is 32.7 Å². The third-order valence-corrected chi connectivity index (χ3v) is 3.88. The highest BCUT2D eigenvalue weighted by atomic mass is 79.9. The molecule has 0 bridgehead atoms. The highest BCUT2D eigenvalue weighted by Gasteiger charge is 2.30. The second-order valence-electron chi connectivity index (χ2n) is 4.06. The molecular weight excluding hydrogens is 286 g/mol. The second kappa shape index (κ2) is 4.60. The van der Waals surface area contributed by atoms with E-state index in [4.69, 9.17) is 0 Å². The van der Waals surface area contributed by atoms with E-state index in [1.807, 2.05) is 14.0 Å². The predicted molar refractivity (Wildman–Crippen MR) is 65.1 cm³/mol. The van der Waals surface area contributed by atoms with Gasteiger partial charge in [-0.2, -0.15) is 5.10 Å². The summed E-state index contributed by atoms with van der Waals surface area (Å²) in [5.41, 5.74) is 1.81. The fourth-order valence-corrected chi connectivity index (χ4v) is 2.68. The summed E-state index contributed by atoms with van der Waals surface area (Å²) in [7, 11) is 1.82. The zero-order chi connectivity index (χ0) is 12.6. The fraction of sp³-hybridized carbons (Fsp3) is 0.545. The molecule has 17 heavy (non-hydrogen) atoms. The zero-order valence-electron chi connectivity index (χ0n) is 9.86. The van der Waals surface area contributed by atoms with Crippen LogP contribution in [-0.4, -0.2) is 26.5 Å². The minimum Gasteiger partial charge on any atom is -0.276 e. The number of halogens is 1. The number of aryl methyl sites for hydroxylation is 2. The molecule has 5 nitrogen and oxygen atoms in total. The Morgan fingerprint density at radius 1 is 1.29 bits per heavy atom. The number of nitrogens with zero attached hydrogens (tertiary/aromatic N) is 3. The van der Waals surface area contributed by atoms with Gasteiger partial charge in [0.05, 0.1) is 22.4 Å². The Labute approximate surface area is 108 Å². The van der Waals surface area contributed by atoms with Crippen molar-refractivity contribution in [3.8, 4) is 0 Å². The maximum atomic E-state index is 11.5. The van der Waals surface area contributed by atoms with Crippen molar-refractivity contribution in [3.05, 3.63) is 15.9 Å². The number of rotatable bonds is 3. The van der Waals surface area contributed by atoms with Crippen molar-refractivity contribution in [2.24, 2.45) is 7.05 Å². The summed E-state index contributed by atoms with van der Waals surface area (Å²) in [6.07, 6.45) is 1.47. The average Bonchev–Trinajstić information content (AvgIpc) is 2.75. The van der Waals surface area contributed by atoms with E-state index in [0.717, 1.165) is 22.3 Å². The molecule has 1 fully saturated rings. The van der Waals surface area contributed by atoms with Gasteiger partial charge in [0.25, 0.3) is 0 Å². The normalized spacial score (nSPS) is 16.1. The van der Waals surface area contributed by atoms with Crippen molar-refractivity contribution < 1.29 is 9.59 Å². The maximum absolute atomic E-state index is 11.5. The largest absolute Gasteiger partial charge is 0.276 e. The van der Waals surface area contributed by atoms with Crippen molar-refractivity contribution in [2.75, 3.05) is 0 Å². The van der Waals surface area contributed by atoms with E-state index in [1.165, 1.54) is 4.90 Å². The van der Waals surface area contributed by atoms with Gasteiger partial charge in [-0.15, -0.1) is 0 Å². The standard InChI is InChI=1S/C11H14BrN3O2/c1-3-7-11(12)8(14(2)13-7)6-15-9(16)4-5-10(15)17/h3-6H2,1-2H3. The lowest BCUT2D eigenvalue weighted by Crippen LogP contribution is -2.29. The SMILES string of the molecule is CCc1nn(C)c(CN2C(=O)CCC2=O)c1Br. The quantitative estimate of drug-likeness (QED) is 0.793. The van der Waals surface area contributed by atoms with Crippen LogP contribution in [0, 0.1) is 0 Å². The van der Waals surface area contributed by atoms with E-state index in [-0.39, 0.29) is 11.8 Å². The van der Waals surface area contributed by atoms with Gasteiger partial charge in [-0.1, -0.05) is 6.92 Å². The molecule has 0 atom stereocenters. The van der Waals surface area contributed by atoms with Crippen LogP contribution in [0.15, 0.2) is 4.47 Å². The Bertz CT molecular complexity index is 465. The summed E-state index contributed by atoms with van der Waals surface area (Å²) in [6.45, 7) is 2.32. The lowest BCUT2D eigenvalue weighted by Gasteiger charge is -2.13. The lowest BCUT2D eigenvalue weighted by molar-refractivity contribution is -0.139. The molecule has 1 aromatic heterocycles. The number of imide groups is 1. The third-order valence-electron chi connectivity index (χ3n) is 2.97. The van der Waals surface area contributed by atoms with Crippen LogP contribution < -0.4 is 0 Å². The van der Waals surface area contributed by atoms with Gasteiger partial charge >= 0.3 is 0 Å². The summed E-state index contributed by atoms with van der Waals surface area (Å²) >= 11 is 3.48. The van der Waals surface area contributed by atoms with E-state index < -0.39 is 0 Å². The van der Waals surface area contributed by atoms with Crippen molar-refractivity contribution in [1.82, 2.24) is 14.7 Å². The molecule has 0 aromatic carbocycles. The number of amides is 2. The van der Waals surface area contributed by atoms with Gasteiger partial charge < -0.3 is 0 Å². The van der Waals surface area contributed by atoms with Gasteiger partial charge in [0.15, 0.2) is 0 Å². The van der Waals surface area contributed by atoms with Gasteiger partial charge in [0.2, 0.25) is 11.8 Å². The third kappa shape index (κ3) is 2.13. The molecule has 92 valence electrons. The van der Waals surface area contributed by atoms with Crippen molar-refractivity contribution in [1.29, 1.82) is 0 Å². The van der Waals surface area contributed by atoms with E-state index in [1.54, 1.807) is 4.68 Å². The molecule has 1 aliphatic heterocycles. The van der Waals surface area contributed by atoms with Crippen LogP contribution >= 0.6 is 15.9 Å². The smallest absolute Gasteiger partial charge is 0.230 e. The van der Waals surface area contributed by atoms with Gasteiger partial charge in [-0.05, 0) is 22.4 Å². The number of hydrogen-bond donors (Lipinski definition) is 0. The van der Waals surface area contributed by atoms with E-state index in [0.29, 0.717) is 19.4 Å². The molecule has 2 rings (SSSR count). The molecule has 0 spiro atoms. The summed E-state index contributed by atoms with van der Waals surface area (Å²) in [5.74, 6) is -0.192. The van der Waals surface area contributed by atoms with Crippen LogP contribution in [0.5, 0.6) is 0 Å². The van der Waals surface area contributed by atoms with E-state index in [9.17, 15) is 9.59 Å².